The molecule has 1 heterocycles. The lowest BCUT2D eigenvalue weighted by molar-refractivity contribution is -0.226. The Morgan fingerprint density at radius 1 is 1.50 bits per heavy atom. The normalized spacial score (nSPS) is 44.4. The highest BCUT2D eigenvalue weighted by Crippen LogP contribution is 2.31. The molecule has 0 amide bonds. The number of hydrogen-bond donors (Lipinski definition) is 3. The zero-order valence-corrected chi connectivity index (χ0v) is 8.97. The Morgan fingerprint density at radius 3 is 2.50 bits per heavy atom. The molecule has 1 unspecified atom stereocenters. The predicted molar refractivity (Wildman–Crippen MR) is 51.8 cm³/mol. The van der Waals surface area contributed by atoms with E-state index in [1.54, 1.807) is 6.92 Å². The molecule has 0 aromatic heterocycles. The minimum Gasteiger partial charge on any atom is -0.394 e. The standard InChI is InChI=1S/C10H20O4/c1-6(2)8-9(12)10(3,13)4-7(5-11)14-8/h6-9,11-13H,4-5H2,1-3H3/t7-,8?,9-,10-/m0/s1. The fourth-order valence-electron chi connectivity index (χ4n) is 1.91. The lowest BCUT2D eigenvalue weighted by atomic mass is 9.82. The predicted octanol–water partition coefficient (Wildman–Crippen LogP) is -0.0959. The van der Waals surface area contributed by atoms with Gasteiger partial charge in [0.25, 0.3) is 0 Å². The lowest BCUT2D eigenvalue weighted by Crippen LogP contribution is -2.57. The number of rotatable bonds is 2. The van der Waals surface area contributed by atoms with Crippen molar-refractivity contribution >= 4 is 0 Å². The van der Waals surface area contributed by atoms with E-state index in [4.69, 9.17) is 9.84 Å². The first-order valence-corrected chi connectivity index (χ1v) is 5.05. The van der Waals surface area contributed by atoms with Gasteiger partial charge in [-0.05, 0) is 12.8 Å². The second-order valence-electron chi connectivity index (χ2n) is 4.66. The Bertz CT molecular complexity index is 191. The van der Waals surface area contributed by atoms with Crippen LogP contribution in [0.15, 0.2) is 0 Å². The van der Waals surface area contributed by atoms with Gasteiger partial charge in [0, 0.05) is 6.42 Å². The van der Waals surface area contributed by atoms with Gasteiger partial charge < -0.3 is 20.1 Å². The molecule has 1 aliphatic heterocycles. The van der Waals surface area contributed by atoms with Gasteiger partial charge in [-0.25, -0.2) is 0 Å². The van der Waals surface area contributed by atoms with Crippen LogP contribution in [0.3, 0.4) is 0 Å². The third kappa shape index (κ3) is 2.25. The second-order valence-corrected chi connectivity index (χ2v) is 4.66. The molecule has 1 aliphatic rings. The molecule has 4 nitrogen and oxygen atoms in total. The van der Waals surface area contributed by atoms with E-state index in [9.17, 15) is 10.2 Å². The fourth-order valence-corrected chi connectivity index (χ4v) is 1.91. The molecule has 14 heavy (non-hydrogen) atoms. The van der Waals surface area contributed by atoms with E-state index in [1.165, 1.54) is 0 Å². The van der Waals surface area contributed by atoms with Crippen molar-refractivity contribution in [3.05, 3.63) is 0 Å². The molecule has 3 N–H and O–H groups in total. The van der Waals surface area contributed by atoms with E-state index >= 15 is 0 Å². The molecule has 0 aliphatic carbocycles. The van der Waals surface area contributed by atoms with E-state index in [0.717, 1.165) is 0 Å². The summed E-state index contributed by atoms with van der Waals surface area (Å²) >= 11 is 0. The fraction of sp³-hybridized carbons (Fsp3) is 1.00. The Kier molecular flexibility index (Phi) is 3.53. The molecule has 1 saturated heterocycles. The van der Waals surface area contributed by atoms with E-state index in [2.05, 4.69) is 0 Å². The van der Waals surface area contributed by atoms with Gasteiger partial charge in [-0.3, -0.25) is 0 Å². The van der Waals surface area contributed by atoms with E-state index in [-0.39, 0.29) is 25.0 Å². The zero-order chi connectivity index (χ0) is 10.9. The largest absolute Gasteiger partial charge is 0.394 e. The summed E-state index contributed by atoms with van der Waals surface area (Å²) in [5.74, 6) is 0.117. The van der Waals surface area contributed by atoms with E-state index < -0.39 is 17.8 Å². The van der Waals surface area contributed by atoms with Crippen molar-refractivity contribution in [2.45, 2.75) is 51.1 Å². The molecule has 0 aromatic rings. The van der Waals surface area contributed by atoms with E-state index in [1.807, 2.05) is 13.8 Å². The van der Waals surface area contributed by atoms with Gasteiger partial charge >= 0.3 is 0 Å². The van der Waals surface area contributed by atoms with Crippen LogP contribution in [0.5, 0.6) is 0 Å². The molecule has 1 rings (SSSR count). The Balaban J connectivity index is 2.76. The minimum absolute atomic E-state index is 0.117. The average molecular weight is 204 g/mol. The lowest BCUT2D eigenvalue weighted by Gasteiger charge is -2.44. The Hall–Kier alpha value is -0.160. The molecule has 0 bridgehead atoms. The Labute approximate surface area is 84.5 Å². The van der Waals surface area contributed by atoms with Crippen LogP contribution in [-0.4, -0.2) is 45.8 Å². The molecule has 4 heteroatoms. The first-order chi connectivity index (χ1) is 6.38. The SMILES string of the molecule is CC(C)C1O[C@H](CO)C[C@](C)(O)[C@H]1O. The third-order valence-corrected chi connectivity index (χ3v) is 2.80. The van der Waals surface area contributed by atoms with Gasteiger partial charge in [0.2, 0.25) is 0 Å². The maximum Gasteiger partial charge on any atom is 0.109 e. The quantitative estimate of drug-likeness (QED) is 0.587. The molecule has 0 spiro atoms. The van der Waals surface area contributed by atoms with Crippen LogP contribution in [0.25, 0.3) is 0 Å². The highest BCUT2D eigenvalue weighted by molar-refractivity contribution is 4.95. The summed E-state index contributed by atoms with van der Waals surface area (Å²) in [7, 11) is 0. The minimum atomic E-state index is -1.17. The second kappa shape index (κ2) is 4.14. The van der Waals surface area contributed by atoms with Crippen LogP contribution in [0, 0.1) is 5.92 Å². The topological polar surface area (TPSA) is 69.9 Å². The summed E-state index contributed by atoms with van der Waals surface area (Å²) in [5.41, 5.74) is -1.17. The Morgan fingerprint density at radius 2 is 2.07 bits per heavy atom. The van der Waals surface area contributed by atoms with Crippen molar-refractivity contribution in [3.8, 4) is 0 Å². The smallest absolute Gasteiger partial charge is 0.109 e. The molecule has 84 valence electrons. The molecule has 0 saturated carbocycles. The van der Waals surface area contributed by atoms with Crippen LogP contribution in [0.1, 0.15) is 27.2 Å². The monoisotopic (exact) mass is 204 g/mol. The first-order valence-electron chi connectivity index (χ1n) is 5.05. The maximum absolute atomic E-state index is 9.92. The summed E-state index contributed by atoms with van der Waals surface area (Å²) < 4.78 is 5.48. The van der Waals surface area contributed by atoms with Crippen LogP contribution in [0.2, 0.25) is 0 Å². The highest BCUT2D eigenvalue weighted by atomic mass is 16.5. The van der Waals surface area contributed by atoms with Crippen LogP contribution >= 0.6 is 0 Å². The molecule has 4 atom stereocenters. The zero-order valence-electron chi connectivity index (χ0n) is 8.97. The van der Waals surface area contributed by atoms with Crippen molar-refractivity contribution in [1.29, 1.82) is 0 Å². The highest BCUT2D eigenvalue weighted by Gasteiger charge is 2.45. The van der Waals surface area contributed by atoms with Gasteiger partial charge in [-0.15, -0.1) is 0 Å². The summed E-state index contributed by atoms with van der Waals surface area (Å²) in [6.07, 6.45) is -1.39. The van der Waals surface area contributed by atoms with Crippen molar-refractivity contribution in [3.63, 3.8) is 0 Å². The van der Waals surface area contributed by atoms with Crippen molar-refractivity contribution in [2.75, 3.05) is 6.61 Å². The first kappa shape index (κ1) is 11.9. The molecule has 0 radical (unpaired) electrons. The van der Waals surface area contributed by atoms with Crippen LogP contribution < -0.4 is 0 Å². The average Bonchev–Trinajstić information content (AvgIpc) is 2.08. The maximum atomic E-state index is 9.92. The van der Waals surface area contributed by atoms with Crippen molar-refractivity contribution < 1.29 is 20.1 Å². The van der Waals surface area contributed by atoms with Crippen LogP contribution in [-0.2, 0) is 4.74 Å². The van der Waals surface area contributed by atoms with Crippen molar-refractivity contribution in [1.82, 2.24) is 0 Å². The molecule has 0 aromatic carbocycles. The number of aliphatic hydroxyl groups excluding tert-OH is 2. The molecular formula is C10H20O4. The molecular weight excluding hydrogens is 184 g/mol. The summed E-state index contributed by atoms with van der Waals surface area (Å²) in [6.45, 7) is 5.30. The van der Waals surface area contributed by atoms with Gasteiger partial charge in [-0.1, -0.05) is 13.8 Å². The third-order valence-electron chi connectivity index (χ3n) is 2.80. The summed E-state index contributed by atoms with van der Waals surface area (Å²) in [5, 5.41) is 28.7. The summed E-state index contributed by atoms with van der Waals surface area (Å²) in [6, 6.07) is 0. The number of hydrogen-bond acceptors (Lipinski definition) is 4. The number of aliphatic hydroxyl groups is 3. The summed E-state index contributed by atoms with van der Waals surface area (Å²) in [4.78, 5) is 0. The van der Waals surface area contributed by atoms with Gasteiger partial charge in [0.1, 0.15) is 6.10 Å². The van der Waals surface area contributed by atoms with Gasteiger partial charge in [0.05, 0.1) is 24.4 Å². The van der Waals surface area contributed by atoms with Crippen LogP contribution in [0.4, 0.5) is 0 Å². The molecule has 1 fully saturated rings. The number of ether oxygens (including phenoxy) is 1. The van der Waals surface area contributed by atoms with Gasteiger partial charge in [0.15, 0.2) is 0 Å². The van der Waals surface area contributed by atoms with Crippen molar-refractivity contribution in [2.24, 2.45) is 5.92 Å². The van der Waals surface area contributed by atoms with E-state index in [0.29, 0.717) is 0 Å². The van der Waals surface area contributed by atoms with Gasteiger partial charge in [-0.2, -0.15) is 0 Å².